The maximum absolute atomic E-state index is 11.8. The molecule has 0 aromatic heterocycles. The van der Waals surface area contributed by atoms with Crippen LogP contribution < -0.4 is 14.8 Å². The molecule has 0 aliphatic heterocycles. The first-order chi connectivity index (χ1) is 10.7. The molecule has 0 fully saturated rings. The van der Waals surface area contributed by atoms with Crippen LogP contribution in [0.25, 0.3) is 0 Å². The molecule has 5 heteroatoms. The molecule has 0 atom stereocenters. The van der Waals surface area contributed by atoms with Crippen molar-refractivity contribution in [3.05, 3.63) is 58.6 Å². The van der Waals surface area contributed by atoms with Crippen LogP contribution in [0.1, 0.15) is 12.5 Å². The highest BCUT2D eigenvalue weighted by atomic mass is 79.9. The van der Waals surface area contributed by atoms with Gasteiger partial charge >= 0.3 is 6.09 Å². The summed E-state index contributed by atoms with van der Waals surface area (Å²) in [4.78, 5) is 11.8. The molecule has 0 heterocycles. The van der Waals surface area contributed by atoms with E-state index in [-0.39, 0.29) is 0 Å². The van der Waals surface area contributed by atoms with Crippen molar-refractivity contribution in [1.82, 2.24) is 5.32 Å². The third-order valence-corrected chi connectivity index (χ3v) is 3.48. The van der Waals surface area contributed by atoms with Crippen LogP contribution in [-0.4, -0.2) is 19.2 Å². The Balaban J connectivity index is 1.82. The van der Waals surface area contributed by atoms with E-state index in [4.69, 9.17) is 9.47 Å². The van der Waals surface area contributed by atoms with Crippen molar-refractivity contribution in [2.75, 3.05) is 13.2 Å². The summed E-state index contributed by atoms with van der Waals surface area (Å²) in [6.07, 6.45) is 0.263. The van der Waals surface area contributed by atoms with E-state index in [0.717, 1.165) is 16.5 Å². The van der Waals surface area contributed by atoms with Gasteiger partial charge in [-0.3, -0.25) is 0 Å². The normalized spacial score (nSPS) is 10.1. The fraction of sp³-hybridized carbons (Fsp3) is 0.235. The highest BCUT2D eigenvalue weighted by molar-refractivity contribution is 9.10. The number of nitrogens with one attached hydrogen (secondary N) is 1. The molecule has 2 aromatic rings. The van der Waals surface area contributed by atoms with Crippen LogP contribution in [0.2, 0.25) is 0 Å². The Kier molecular flexibility index (Phi) is 6.27. The molecule has 2 rings (SSSR count). The van der Waals surface area contributed by atoms with E-state index in [0.29, 0.717) is 24.7 Å². The number of carbonyl (C=O) groups excluding carboxylic acids is 1. The summed E-state index contributed by atoms with van der Waals surface area (Å²) in [5.74, 6) is 0.985. The molecule has 1 N–H and O–H groups in total. The molecule has 0 saturated heterocycles. The van der Waals surface area contributed by atoms with Gasteiger partial charge in [-0.1, -0.05) is 40.2 Å². The molecule has 0 radical (unpaired) electrons. The Hall–Kier alpha value is -2.01. The first-order valence-electron chi connectivity index (χ1n) is 7.11. The summed E-state index contributed by atoms with van der Waals surface area (Å²) in [7, 11) is 0. The van der Waals surface area contributed by atoms with Gasteiger partial charge in [0.05, 0.1) is 6.61 Å². The lowest BCUT2D eigenvalue weighted by molar-refractivity contribution is 0.197. The second kappa shape index (κ2) is 8.44. The van der Waals surface area contributed by atoms with Gasteiger partial charge in [0.1, 0.15) is 0 Å². The number of carbonyl (C=O) groups is 1. The average molecular weight is 364 g/mol. The highest BCUT2D eigenvalue weighted by Gasteiger charge is 2.09. The summed E-state index contributed by atoms with van der Waals surface area (Å²) in [6.45, 7) is 2.91. The average Bonchev–Trinajstić information content (AvgIpc) is 2.51. The number of benzene rings is 2. The topological polar surface area (TPSA) is 47.6 Å². The van der Waals surface area contributed by atoms with Gasteiger partial charge in [0.15, 0.2) is 11.5 Å². The monoisotopic (exact) mass is 363 g/mol. The fourth-order valence-electron chi connectivity index (χ4n) is 1.91. The minimum absolute atomic E-state index is 0.422. The first kappa shape index (κ1) is 16.4. The van der Waals surface area contributed by atoms with Crippen molar-refractivity contribution in [2.24, 2.45) is 0 Å². The van der Waals surface area contributed by atoms with Gasteiger partial charge in [0.25, 0.3) is 0 Å². The predicted octanol–water partition coefficient (Wildman–Crippen LogP) is 4.18. The zero-order chi connectivity index (χ0) is 15.8. The largest absolute Gasteiger partial charge is 0.490 e. The third-order valence-electron chi connectivity index (χ3n) is 2.95. The van der Waals surface area contributed by atoms with Gasteiger partial charge in [-0.05, 0) is 43.2 Å². The maximum atomic E-state index is 11.8. The lowest BCUT2D eigenvalue weighted by Gasteiger charge is -2.11. The molecule has 1 amide bonds. The van der Waals surface area contributed by atoms with Crippen LogP contribution in [0, 0.1) is 0 Å². The molecule has 2 aromatic carbocycles. The molecular formula is C17H18BrNO3. The van der Waals surface area contributed by atoms with Crippen LogP contribution >= 0.6 is 15.9 Å². The molecule has 116 valence electrons. The Labute approximate surface area is 138 Å². The Bertz CT molecular complexity index is 614. The molecule has 4 nitrogen and oxygen atoms in total. The van der Waals surface area contributed by atoms with E-state index >= 15 is 0 Å². The maximum Gasteiger partial charge on any atom is 0.412 e. The van der Waals surface area contributed by atoms with E-state index in [1.165, 1.54) is 0 Å². The van der Waals surface area contributed by atoms with E-state index in [2.05, 4.69) is 21.2 Å². The van der Waals surface area contributed by atoms with E-state index in [1.807, 2.05) is 37.3 Å². The summed E-state index contributed by atoms with van der Waals surface area (Å²) in [5.41, 5.74) is 1.15. The van der Waals surface area contributed by atoms with E-state index in [9.17, 15) is 4.79 Å². The van der Waals surface area contributed by atoms with Gasteiger partial charge in [0, 0.05) is 11.0 Å². The number of hydrogen-bond acceptors (Lipinski definition) is 3. The summed E-state index contributed by atoms with van der Waals surface area (Å²) in [6, 6.07) is 15.1. The number of ether oxygens (including phenoxy) is 2. The standard InChI is InChI=1S/C17H18BrNO3/c1-2-21-15-5-3-4-6-16(15)22-17(20)19-12-11-13-7-9-14(18)10-8-13/h3-10H,2,11-12H2,1H3,(H,19,20). The Morgan fingerprint density at radius 1 is 1.09 bits per heavy atom. The van der Waals surface area contributed by atoms with Crippen molar-refractivity contribution in [3.63, 3.8) is 0 Å². The zero-order valence-corrected chi connectivity index (χ0v) is 13.9. The van der Waals surface area contributed by atoms with Gasteiger partial charge in [-0.15, -0.1) is 0 Å². The molecule has 0 aliphatic carbocycles. The summed E-state index contributed by atoms with van der Waals surface area (Å²) in [5, 5.41) is 2.74. The number of rotatable bonds is 6. The lowest BCUT2D eigenvalue weighted by Crippen LogP contribution is -2.28. The lowest BCUT2D eigenvalue weighted by atomic mass is 10.1. The van der Waals surface area contributed by atoms with Crippen LogP contribution in [0.3, 0.4) is 0 Å². The van der Waals surface area contributed by atoms with Gasteiger partial charge < -0.3 is 14.8 Å². The SMILES string of the molecule is CCOc1ccccc1OC(=O)NCCc1ccc(Br)cc1. The molecule has 0 unspecified atom stereocenters. The van der Waals surface area contributed by atoms with Gasteiger partial charge in [0.2, 0.25) is 0 Å². The highest BCUT2D eigenvalue weighted by Crippen LogP contribution is 2.26. The molecule has 0 saturated carbocycles. The van der Waals surface area contributed by atoms with Crippen molar-refractivity contribution in [1.29, 1.82) is 0 Å². The summed E-state index contributed by atoms with van der Waals surface area (Å²) < 4.78 is 11.7. The zero-order valence-electron chi connectivity index (χ0n) is 12.3. The molecule has 0 spiro atoms. The van der Waals surface area contributed by atoms with E-state index < -0.39 is 6.09 Å². The van der Waals surface area contributed by atoms with E-state index in [1.54, 1.807) is 18.2 Å². The van der Waals surface area contributed by atoms with Crippen molar-refractivity contribution >= 4 is 22.0 Å². The fourth-order valence-corrected chi connectivity index (χ4v) is 2.17. The van der Waals surface area contributed by atoms with Gasteiger partial charge in [-0.25, -0.2) is 4.79 Å². The minimum atomic E-state index is -0.482. The Morgan fingerprint density at radius 3 is 2.45 bits per heavy atom. The second-order valence-electron chi connectivity index (χ2n) is 4.57. The number of hydrogen-bond donors (Lipinski definition) is 1. The van der Waals surface area contributed by atoms with Crippen LogP contribution in [0.15, 0.2) is 53.0 Å². The van der Waals surface area contributed by atoms with Crippen LogP contribution in [0.5, 0.6) is 11.5 Å². The molecular weight excluding hydrogens is 346 g/mol. The second-order valence-corrected chi connectivity index (χ2v) is 5.49. The summed E-state index contributed by atoms with van der Waals surface area (Å²) >= 11 is 3.39. The first-order valence-corrected chi connectivity index (χ1v) is 7.90. The van der Waals surface area contributed by atoms with Gasteiger partial charge in [-0.2, -0.15) is 0 Å². The predicted molar refractivity (Wildman–Crippen MR) is 89.5 cm³/mol. The van der Waals surface area contributed by atoms with Crippen molar-refractivity contribution in [3.8, 4) is 11.5 Å². The number of halogens is 1. The molecule has 0 bridgehead atoms. The number of para-hydroxylation sites is 2. The van der Waals surface area contributed by atoms with Crippen LogP contribution in [0.4, 0.5) is 4.79 Å². The quantitative estimate of drug-likeness (QED) is 0.837. The smallest absolute Gasteiger partial charge is 0.412 e. The Morgan fingerprint density at radius 2 is 1.77 bits per heavy atom. The van der Waals surface area contributed by atoms with Crippen molar-refractivity contribution in [2.45, 2.75) is 13.3 Å². The minimum Gasteiger partial charge on any atom is -0.490 e. The molecule has 22 heavy (non-hydrogen) atoms. The van der Waals surface area contributed by atoms with Crippen molar-refractivity contribution < 1.29 is 14.3 Å². The molecule has 0 aliphatic rings. The van der Waals surface area contributed by atoms with Crippen LogP contribution in [-0.2, 0) is 6.42 Å². The number of amides is 1. The third kappa shape index (κ3) is 5.07.